The van der Waals surface area contributed by atoms with Crippen LogP contribution in [0.5, 0.6) is 0 Å². The molecular weight excluding hydrogens is 256 g/mol. The van der Waals surface area contributed by atoms with Gasteiger partial charge in [0.05, 0.1) is 23.7 Å². The van der Waals surface area contributed by atoms with E-state index in [1.165, 1.54) is 0 Å². The molecule has 0 radical (unpaired) electrons. The van der Waals surface area contributed by atoms with E-state index >= 15 is 0 Å². The Morgan fingerprint density at radius 1 is 1.40 bits per heavy atom. The van der Waals surface area contributed by atoms with Crippen LogP contribution >= 0.6 is 0 Å². The molecule has 6 heteroatoms. The van der Waals surface area contributed by atoms with E-state index in [0.29, 0.717) is 0 Å². The van der Waals surface area contributed by atoms with E-state index in [0.717, 1.165) is 28.5 Å². The van der Waals surface area contributed by atoms with Gasteiger partial charge in [-0.15, -0.1) is 0 Å². The summed E-state index contributed by atoms with van der Waals surface area (Å²) in [5.74, 6) is 0.679. The predicted octanol–water partition coefficient (Wildman–Crippen LogP) is 1.31. The van der Waals surface area contributed by atoms with Gasteiger partial charge in [0.15, 0.2) is 0 Å². The first kappa shape index (κ1) is 12.7. The number of hydrogen-bond donors (Lipinski definition) is 2. The van der Waals surface area contributed by atoms with Crippen LogP contribution in [-0.4, -0.2) is 27.3 Å². The maximum Gasteiger partial charge on any atom is 0.244 e. The highest BCUT2D eigenvalue weighted by Crippen LogP contribution is 2.36. The number of fused-ring (bicyclic) bond motifs is 1. The maximum atomic E-state index is 11.9. The van der Waals surface area contributed by atoms with Gasteiger partial charge in [0.25, 0.3) is 0 Å². The van der Waals surface area contributed by atoms with E-state index in [1.807, 2.05) is 43.1 Å². The van der Waals surface area contributed by atoms with Gasteiger partial charge in [0.1, 0.15) is 12.4 Å². The minimum atomic E-state index is -0.102. The van der Waals surface area contributed by atoms with E-state index < -0.39 is 0 Å². The molecule has 1 aliphatic rings. The minimum Gasteiger partial charge on any atom is -0.391 e. The van der Waals surface area contributed by atoms with Crippen molar-refractivity contribution in [2.75, 3.05) is 16.8 Å². The highest BCUT2D eigenvalue weighted by atomic mass is 16.3. The number of hydrogen-bond acceptors (Lipinski definition) is 4. The van der Waals surface area contributed by atoms with Gasteiger partial charge in [0, 0.05) is 12.6 Å². The molecular formula is C14H16N4O2. The van der Waals surface area contributed by atoms with Crippen molar-refractivity contribution in [2.45, 2.75) is 13.5 Å². The molecule has 1 aliphatic heterocycles. The molecule has 1 aromatic carbocycles. The average Bonchev–Trinajstić information content (AvgIpc) is 2.71. The number of benzene rings is 1. The van der Waals surface area contributed by atoms with E-state index in [1.54, 1.807) is 4.68 Å². The number of carbonyl (C=O) groups is 1. The molecule has 0 aliphatic carbocycles. The molecule has 0 spiro atoms. The predicted molar refractivity (Wildman–Crippen MR) is 75.9 cm³/mol. The molecule has 3 rings (SSSR count). The molecule has 20 heavy (non-hydrogen) atoms. The summed E-state index contributed by atoms with van der Waals surface area (Å²) < 4.78 is 1.70. The number of anilines is 3. The summed E-state index contributed by atoms with van der Waals surface area (Å²) in [6, 6.07) is 7.61. The number of para-hydroxylation sites is 2. The Labute approximate surface area is 116 Å². The monoisotopic (exact) mass is 272 g/mol. The first-order valence-electron chi connectivity index (χ1n) is 6.41. The van der Waals surface area contributed by atoms with Crippen molar-refractivity contribution in [3.05, 3.63) is 35.5 Å². The summed E-state index contributed by atoms with van der Waals surface area (Å²) >= 11 is 0. The van der Waals surface area contributed by atoms with Crippen molar-refractivity contribution < 1.29 is 9.90 Å². The molecule has 1 aromatic heterocycles. The topological polar surface area (TPSA) is 70.4 Å². The van der Waals surface area contributed by atoms with Crippen LogP contribution < -0.4 is 10.2 Å². The number of nitrogens with zero attached hydrogens (tertiary/aromatic N) is 3. The van der Waals surface area contributed by atoms with E-state index in [-0.39, 0.29) is 19.1 Å². The van der Waals surface area contributed by atoms with Gasteiger partial charge in [-0.3, -0.25) is 9.48 Å². The number of aliphatic hydroxyl groups is 1. The van der Waals surface area contributed by atoms with Crippen molar-refractivity contribution >= 4 is 23.1 Å². The molecule has 0 atom stereocenters. The Balaban J connectivity index is 2.18. The SMILES string of the molecule is Cc1nn(C)c(N2CC(=O)Nc3ccccc32)c1CO. The zero-order chi connectivity index (χ0) is 14.3. The van der Waals surface area contributed by atoms with Gasteiger partial charge in [-0.05, 0) is 19.1 Å². The van der Waals surface area contributed by atoms with Crippen molar-refractivity contribution in [3.8, 4) is 0 Å². The number of carbonyl (C=O) groups excluding carboxylic acids is 1. The van der Waals surface area contributed by atoms with E-state index in [2.05, 4.69) is 10.4 Å². The zero-order valence-electron chi connectivity index (χ0n) is 11.4. The Kier molecular flexibility index (Phi) is 2.94. The third-order valence-electron chi connectivity index (χ3n) is 3.50. The molecule has 2 aromatic rings. The summed E-state index contributed by atoms with van der Waals surface area (Å²) in [6.45, 7) is 1.96. The number of rotatable bonds is 2. The van der Waals surface area contributed by atoms with Crippen LogP contribution in [0.1, 0.15) is 11.3 Å². The number of aromatic nitrogens is 2. The van der Waals surface area contributed by atoms with Crippen molar-refractivity contribution in [2.24, 2.45) is 7.05 Å². The molecule has 6 nitrogen and oxygen atoms in total. The first-order chi connectivity index (χ1) is 9.61. The third kappa shape index (κ3) is 1.85. The van der Waals surface area contributed by atoms with Gasteiger partial charge in [-0.25, -0.2) is 0 Å². The summed E-state index contributed by atoms with van der Waals surface area (Å²) in [5, 5.41) is 16.8. The fourth-order valence-corrected chi connectivity index (χ4v) is 2.63. The van der Waals surface area contributed by atoms with Crippen LogP contribution in [0.4, 0.5) is 17.2 Å². The van der Waals surface area contributed by atoms with Crippen molar-refractivity contribution in [1.82, 2.24) is 9.78 Å². The second-order valence-corrected chi connectivity index (χ2v) is 4.82. The van der Waals surface area contributed by atoms with E-state index in [9.17, 15) is 9.90 Å². The average molecular weight is 272 g/mol. The molecule has 0 saturated carbocycles. The lowest BCUT2D eigenvalue weighted by atomic mass is 10.1. The highest BCUT2D eigenvalue weighted by Gasteiger charge is 2.27. The van der Waals surface area contributed by atoms with Crippen LogP contribution in [0.2, 0.25) is 0 Å². The molecule has 0 unspecified atom stereocenters. The van der Waals surface area contributed by atoms with Crippen molar-refractivity contribution in [1.29, 1.82) is 0 Å². The zero-order valence-corrected chi connectivity index (χ0v) is 11.4. The van der Waals surface area contributed by atoms with Crippen molar-refractivity contribution in [3.63, 3.8) is 0 Å². The summed E-state index contributed by atoms with van der Waals surface area (Å²) in [4.78, 5) is 13.8. The lowest BCUT2D eigenvalue weighted by Gasteiger charge is -2.31. The Morgan fingerprint density at radius 2 is 2.15 bits per heavy atom. The summed E-state index contributed by atoms with van der Waals surface area (Å²) in [7, 11) is 1.82. The largest absolute Gasteiger partial charge is 0.391 e. The Bertz CT molecular complexity index is 678. The minimum absolute atomic E-state index is 0.0774. The number of aryl methyl sites for hydroxylation is 2. The Hall–Kier alpha value is -2.34. The summed E-state index contributed by atoms with van der Waals surface area (Å²) in [6.07, 6.45) is 0. The first-order valence-corrected chi connectivity index (χ1v) is 6.41. The summed E-state index contributed by atoms with van der Waals surface area (Å²) in [5.41, 5.74) is 3.20. The fourth-order valence-electron chi connectivity index (χ4n) is 2.63. The molecule has 2 N–H and O–H groups in total. The molecule has 1 amide bonds. The Morgan fingerprint density at radius 3 is 2.90 bits per heavy atom. The fraction of sp³-hybridized carbons (Fsp3) is 0.286. The third-order valence-corrected chi connectivity index (χ3v) is 3.50. The van der Waals surface area contributed by atoms with Crippen LogP contribution in [0, 0.1) is 6.92 Å². The molecule has 0 saturated heterocycles. The van der Waals surface area contributed by atoms with Gasteiger partial charge >= 0.3 is 0 Å². The highest BCUT2D eigenvalue weighted by molar-refractivity contribution is 6.03. The molecule has 104 valence electrons. The number of aliphatic hydroxyl groups excluding tert-OH is 1. The molecule has 0 bridgehead atoms. The van der Waals surface area contributed by atoms with Gasteiger partial charge in [-0.2, -0.15) is 5.10 Å². The quantitative estimate of drug-likeness (QED) is 0.864. The number of amides is 1. The van der Waals surface area contributed by atoms with E-state index in [4.69, 9.17) is 0 Å². The lowest BCUT2D eigenvalue weighted by Crippen LogP contribution is -2.36. The molecule has 0 fully saturated rings. The van der Waals surface area contributed by atoms with Crippen LogP contribution in [0.15, 0.2) is 24.3 Å². The molecule has 2 heterocycles. The van der Waals surface area contributed by atoms with Gasteiger partial charge < -0.3 is 15.3 Å². The maximum absolute atomic E-state index is 11.9. The number of nitrogens with one attached hydrogen (secondary N) is 1. The lowest BCUT2D eigenvalue weighted by molar-refractivity contribution is -0.115. The van der Waals surface area contributed by atoms with Gasteiger partial charge in [-0.1, -0.05) is 12.1 Å². The van der Waals surface area contributed by atoms with Gasteiger partial charge in [0.2, 0.25) is 5.91 Å². The van der Waals surface area contributed by atoms with Crippen LogP contribution in [0.25, 0.3) is 0 Å². The smallest absolute Gasteiger partial charge is 0.244 e. The second kappa shape index (κ2) is 4.64. The van der Waals surface area contributed by atoms with Crippen LogP contribution in [-0.2, 0) is 18.4 Å². The second-order valence-electron chi connectivity index (χ2n) is 4.82. The standard InChI is InChI=1S/C14H16N4O2/c1-9-10(8-19)14(17(2)16-9)18-7-13(20)15-11-5-3-4-6-12(11)18/h3-6,19H,7-8H2,1-2H3,(H,15,20). The van der Waals surface area contributed by atoms with Crippen LogP contribution in [0.3, 0.4) is 0 Å². The normalized spacial score (nSPS) is 14.2.